The van der Waals surface area contributed by atoms with Crippen molar-refractivity contribution >= 4 is 44.8 Å². The molecule has 12 heteroatoms. The summed E-state index contributed by atoms with van der Waals surface area (Å²) in [4.78, 5) is 17.8. The first-order valence-corrected chi connectivity index (χ1v) is 24.3. The van der Waals surface area contributed by atoms with Crippen LogP contribution in [0.15, 0.2) is 48.7 Å². The molecule has 3 aromatic rings. The molecule has 2 aromatic heterocycles. The molecule has 0 radical (unpaired) electrons. The van der Waals surface area contributed by atoms with Crippen LogP contribution in [0.25, 0.3) is 11.2 Å². The third-order valence-electron chi connectivity index (χ3n) is 8.79. The summed E-state index contributed by atoms with van der Waals surface area (Å²) in [5.74, 6) is -0.346. The highest BCUT2D eigenvalue weighted by molar-refractivity contribution is 6.76. The van der Waals surface area contributed by atoms with E-state index in [4.69, 9.17) is 24.3 Å². The average Bonchev–Trinajstić information content (AvgIpc) is 3.36. The quantitative estimate of drug-likeness (QED) is 0.0665. The maximum absolute atomic E-state index is 12.8. The van der Waals surface area contributed by atoms with Gasteiger partial charge in [0.2, 0.25) is 0 Å². The van der Waals surface area contributed by atoms with Crippen molar-refractivity contribution in [1.82, 2.24) is 14.6 Å². The average molecular weight is 682 g/mol. The summed E-state index contributed by atoms with van der Waals surface area (Å²) >= 11 is 0. The molecule has 10 nitrogen and oxygen atoms in total. The molecule has 0 fully saturated rings. The van der Waals surface area contributed by atoms with Crippen molar-refractivity contribution in [2.75, 3.05) is 43.9 Å². The maximum Gasteiger partial charge on any atom is 0.312 e. The SMILES string of the molecule is CCC1C=C(c2ccn3nc(NCOCC[Si](C)(C)C)c(NCOCC[Si](C)(C)C)c3n2)CCC1(COCc1ccccc1)C(=O)O. The topological polar surface area (TPSA) is 119 Å². The number of anilines is 2. The van der Waals surface area contributed by atoms with Gasteiger partial charge in [-0.2, -0.15) is 0 Å². The van der Waals surface area contributed by atoms with Gasteiger partial charge in [0.25, 0.3) is 0 Å². The monoisotopic (exact) mass is 681 g/mol. The van der Waals surface area contributed by atoms with E-state index in [2.05, 4.69) is 56.0 Å². The van der Waals surface area contributed by atoms with Crippen LogP contribution in [0.3, 0.4) is 0 Å². The largest absolute Gasteiger partial charge is 0.481 e. The summed E-state index contributed by atoms with van der Waals surface area (Å²) in [6, 6.07) is 14.0. The van der Waals surface area contributed by atoms with Crippen molar-refractivity contribution in [2.24, 2.45) is 11.3 Å². The highest BCUT2D eigenvalue weighted by Gasteiger charge is 2.46. The summed E-state index contributed by atoms with van der Waals surface area (Å²) < 4.78 is 19.7. The van der Waals surface area contributed by atoms with E-state index < -0.39 is 27.5 Å². The van der Waals surface area contributed by atoms with Gasteiger partial charge in [-0.25, -0.2) is 9.50 Å². The number of ether oxygens (including phenoxy) is 3. The van der Waals surface area contributed by atoms with Gasteiger partial charge >= 0.3 is 5.97 Å². The van der Waals surface area contributed by atoms with Crippen LogP contribution in [-0.2, 0) is 25.6 Å². The smallest absolute Gasteiger partial charge is 0.312 e. The summed E-state index contributed by atoms with van der Waals surface area (Å²) in [6.45, 7) is 18.7. The number of hydrogen-bond acceptors (Lipinski definition) is 8. The van der Waals surface area contributed by atoms with Crippen molar-refractivity contribution in [3.63, 3.8) is 0 Å². The number of fused-ring (bicyclic) bond motifs is 1. The van der Waals surface area contributed by atoms with Crippen molar-refractivity contribution in [3.8, 4) is 0 Å². The Balaban J connectivity index is 1.54. The first kappa shape index (κ1) is 36.8. The standard InChI is InChI=1S/C35H55N5O5Si2/c1-8-29-22-28(14-16-35(29,34(41)42)24-45-23-27-12-10-9-11-13-27)30-15-17-40-33(38-30)31(36-25-43-18-20-46(2,3)4)32(39-40)37-26-44-19-21-47(5,6)7/h9-13,15,17,22,29,36H,8,14,16,18-21,23-26H2,1-7H3,(H,37,39)(H,41,42). The van der Waals surface area contributed by atoms with Crippen molar-refractivity contribution in [2.45, 2.75) is 84.2 Å². The third-order valence-corrected chi connectivity index (χ3v) is 12.2. The number of nitrogens with zero attached hydrogens (tertiary/aromatic N) is 3. The molecule has 3 N–H and O–H groups in total. The minimum atomic E-state index is -1.20. The first-order chi connectivity index (χ1) is 22.3. The lowest BCUT2D eigenvalue weighted by Gasteiger charge is -2.39. The highest BCUT2D eigenvalue weighted by Crippen LogP contribution is 2.45. The van der Waals surface area contributed by atoms with E-state index in [1.54, 1.807) is 4.52 Å². The second kappa shape index (κ2) is 16.4. The van der Waals surface area contributed by atoms with Gasteiger partial charge in [0, 0.05) is 35.6 Å². The molecular formula is C35H55N5O5Si2. The number of carboxylic acid groups (broad SMARTS) is 1. The Morgan fingerprint density at radius 2 is 1.64 bits per heavy atom. The predicted molar refractivity (Wildman–Crippen MR) is 195 cm³/mol. The van der Waals surface area contributed by atoms with Gasteiger partial charge in [-0.15, -0.1) is 5.10 Å². The van der Waals surface area contributed by atoms with E-state index in [0.717, 1.165) is 34.6 Å². The Morgan fingerprint density at radius 1 is 0.979 bits per heavy atom. The van der Waals surface area contributed by atoms with E-state index >= 15 is 0 Å². The van der Waals surface area contributed by atoms with Crippen LogP contribution in [0.5, 0.6) is 0 Å². The minimum Gasteiger partial charge on any atom is -0.481 e. The van der Waals surface area contributed by atoms with Crippen LogP contribution in [0.1, 0.15) is 37.4 Å². The molecule has 2 unspecified atom stereocenters. The molecule has 0 saturated carbocycles. The van der Waals surface area contributed by atoms with Crippen LogP contribution in [0.2, 0.25) is 51.4 Å². The van der Waals surface area contributed by atoms with Crippen LogP contribution in [0.4, 0.5) is 11.5 Å². The molecule has 0 saturated heterocycles. The number of hydrogen-bond donors (Lipinski definition) is 3. The Labute approximate surface area is 282 Å². The Hall–Kier alpha value is -3.04. The lowest BCUT2D eigenvalue weighted by molar-refractivity contribution is -0.158. The fourth-order valence-electron chi connectivity index (χ4n) is 5.72. The van der Waals surface area contributed by atoms with Gasteiger partial charge in [0.15, 0.2) is 11.5 Å². The van der Waals surface area contributed by atoms with E-state index in [1.807, 2.05) is 49.5 Å². The highest BCUT2D eigenvalue weighted by atomic mass is 28.3. The Bertz CT molecular complexity index is 1490. The molecular weight excluding hydrogens is 627 g/mol. The van der Waals surface area contributed by atoms with Gasteiger partial charge in [-0.1, -0.05) is 82.6 Å². The maximum atomic E-state index is 12.8. The molecule has 0 spiro atoms. The molecule has 1 aliphatic carbocycles. The summed E-state index contributed by atoms with van der Waals surface area (Å²) in [6.07, 6.45) is 5.78. The number of carbonyl (C=O) groups is 1. The molecule has 47 heavy (non-hydrogen) atoms. The lowest BCUT2D eigenvalue weighted by atomic mass is 9.66. The number of rotatable bonds is 19. The van der Waals surface area contributed by atoms with Crippen LogP contribution in [0, 0.1) is 11.3 Å². The molecule has 0 aliphatic heterocycles. The van der Waals surface area contributed by atoms with Gasteiger partial charge in [-0.3, -0.25) is 4.79 Å². The number of benzene rings is 1. The molecule has 0 amide bonds. The van der Waals surface area contributed by atoms with Crippen LogP contribution >= 0.6 is 0 Å². The van der Waals surface area contributed by atoms with Gasteiger partial charge < -0.3 is 30.0 Å². The van der Waals surface area contributed by atoms with Crippen LogP contribution in [-0.4, -0.2) is 75.1 Å². The van der Waals surface area contributed by atoms with Gasteiger partial charge in [-0.05, 0) is 54.5 Å². The second-order valence-electron chi connectivity index (χ2n) is 15.0. The number of aliphatic carboxylic acids is 1. The van der Waals surface area contributed by atoms with Crippen molar-refractivity contribution in [1.29, 1.82) is 0 Å². The zero-order chi connectivity index (χ0) is 34.1. The predicted octanol–water partition coefficient (Wildman–Crippen LogP) is 7.67. The number of allylic oxidation sites excluding steroid dienone is 2. The molecule has 2 atom stereocenters. The number of aromatic nitrogens is 3. The molecule has 2 heterocycles. The fourth-order valence-corrected chi connectivity index (χ4v) is 7.23. The Morgan fingerprint density at radius 3 is 2.26 bits per heavy atom. The molecule has 0 bridgehead atoms. The summed E-state index contributed by atoms with van der Waals surface area (Å²) in [5, 5.41) is 22.0. The molecule has 4 rings (SSSR count). The van der Waals surface area contributed by atoms with E-state index in [9.17, 15) is 9.90 Å². The number of carboxylic acids is 1. The molecule has 1 aliphatic rings. The van der Waals surface area contributed by atoms with Crippen molar-refractivity contribution < 1.29 is 24.1 Å². The number of nitrogens with one attached hydrogen (secondary N) is 2. The van der Waals surface area contributed by atoms with E-state index in [-0.39, 0.29) is 12.5 Å². The normalized spacial score (nSPS) is 18.7. The van der Waals surface area contributed by atoms with Gasteiger partial charge in [0.1, 0.15) is 19.1 Å². The molecule has 258 valence electrons. The first-order valence-electron chi connectivity index (χ1n) is 16.9. The lowest BCUT2D eigenvalue weighted by Crippen LogP contribution is -2.43. The second-order valence-corrected chi connectivity index (χ2v) is 26.3. The minimum absolute atomic E-state index is 0.162. The fraction of sp³-hybridized carbons (Fsp3) is 0.571. The van der Waals surface area contributed by atoms with Crippen molar-refractivity contribution in [3.05, 3.63) is 59.9 Å². The summed E-state index contributed by atoms with van der Waals surface area (Å²) in [5.41, 5.74) is 3.34. The van der Waals surface area contributed by atoms with E-state index in [0.29, 0.717) is 64.0 Å². The van der Waals surface area contributed by atoms with Crippen LogP contribution < -0.4 is 10.6 Å². The molecule has 1 aromatic carbocycles. The summed E-state index contributed by atoms with van der Waals surface area (Å²) in [7, 11) is -2.39. The van der Waals surface area contributed by atoms with E-state index in [1.165, 1.54) is 0 Å². The third kappa shape index (κ3) is 10.5. The van der Waals surface area contributed by atoms with Gasteiger partial charge in [0.05, 0.1) is 24.3 Å². The zero-order valence-corrected chi connectivity index (χ0v) is 31.4. The Kier molecular flexibility index (Phi) is 12.8. The zero-order valence-electron chi connectivity index (χ0n) is 29.4.